The molecule has 1 unspecified atom stereocenters. The van der Waals surface area contributed by atoms with Crippen LogP contribution in [0.1, 0.15) is 29.3 Å². The van der Waals surface area contributed by atoms with Gasteiger partial charge in [0.2, 0.25) is 5.91 Å². The molecule has 0 radical (unpaired) electrons. The van der Waals surface area contributed by atoms with Crippen molar-refractivity contribution in [2.75, 3.05) is 12.4 Å². The van der Waals surface area contributed by atoms with Crippen LogP contribution in [0, 0.1) is 0 Å². The van der Waals surface area contributed by atoms with Gasteiger partial charge in [0, 0.05) is 18.9 Å². The third kappa shape index (κ3) is 2.89. The van der Waals surface area contributed by atoms with Crippen LogP contribution in [0.2, 0.25) is 0 Å². The molecule has 0 fully saturated rings. The first-order chi connectivity index (χ1) is 10.3. The third-order valence-corrected chi connectivity index (χ3v) is 3.94. The van der Waals surface area contributed by atoms with E-state index in [0.717, 1.165) is 29.8 Å². The van der Waals surface area contributed by atoms with Gasteiger partial charge in [-0.3, -0.25) is 9.78 Å². The highest BCUT2D eigenvalue weighted by atomic mass is 16.1. The quantitative estimate of drug-likeness (QED) is 0.905. The maximum absolute atomic E-state index is 11.6. The Hall–Kier alpha value is -2.36. The molecule has 1 aromatic heterocycles. The standard InChI is InChI=1S/C17H19N3O/c1-18-16(21)11-13-5-2-3-7-14(13)20-15-9-8-12-6-4-10-19-17(12)15/h2-7,10,15,20H,8-9,11H2,1H3,(H,18,21). The zero-order chi connectivity index (χ0) is 14.7. The first-order valence-electron chi connectivity index (χ1n) is 7.26. The number of anilines is 1. The van der Waals surface area contributed by atoms with Crippen LogP contribution >= 0.6 is 0 Å². The maximum Gasteiger partial charge on any atom is 0.224 e. The summed E-state index contributed by atoms with van der Waals surface area (Å²) in [5.74, 6) is 0.0224. The van der Waals surface area contributed by atoms with Gasteiger partial charge in [-0.15, -0.1) is 0 Å². The molecule has 1 aliphatic rings. The van der Waals surface area contributed by atoms with Gasteiger partial charge < -0.3 is 10.6 Å². The average Bonchev–Trinajstić information content (AvgIpc) is 2.92. The van der Waals surface area contributed by atoms with Crippen molar-refractivity contribution in [1.29, 1.82) is 0 Å². The highest BCUT2D eigenvalue weighted by molar-refractivity contribution is 5.80. The molecule has 2 aromatic rings. The Labute approximate surface area is 124 Å². The molecule has 0 bridgehead atoms. The molecule has 4 nitrogen and oxygen atoms in total. The fraction of sp³-hybridized carbons (Fsp3) is 0.294. The Balaban J connectivity index is 1.81. The number of likely N-dealkylation sites (N-methyl/N-ethyl adjacent to an activating group) is 1. The second kappa shape index (κ2) is 5.95. The Kier molecular flexibility index (Phi) is 3.86. The molecule has 0 spiro atoms. The van der Waals surface area contributed by atoms with Crippen molar-refractivity contribution in [2.24, 2.45) is 0 Å². The van der Waals surface area contributed by atoms with Crippen LogP contribution in [0.4, 0.5) is 5.69 Å². The fourth-order valence-electron chi connectivity index (χ4n) is 2.82. The summed E-state index contributed by atoms with van der Waals surface area (Å²) in [4.78, 5) is 16.1. The van der Waals surface area contributed by atoms with Gasteiger partial charge in [0.15, 0.2) is 0 Å². The van der Waals surface area contributed by atoms with Gasteiger partial charge in [-0.1, -0.05) is 24.3 Å². The van der Waals surface area contributed by atoms with Crippen molar-refractivity contribution >= 4 is 11.6 Å². The number of benzene rings is 1. The van der Waals surface area contributed by atoms with Crippen LogP contribution in [0.5, 0.6) is 0 Å². The van der Waals surface area contributed by atoms with Gasteiger partial charge in [-0.2, -0.15) is 0 Å². The Morgan fingerprint density at radius 2 is 2.14 bits per heavy atom. The molecule has 108 valence electrons. The summed E-state index contributed by atoms with van der Waals surface area (Å²) >= 11 is 0. The Morgan fingerprint density at radius 1 is 1.29 bits per heavy atom. The van der Waals surface area contributed by atoms with Gasteiger partial charge >= 0.3 is 0 Å². The van der Waals surface area contributed by atoms with E-state index in [-0.39, 0.29) is 11.9 Å². The van der Waals surface area contributed by atoms with E-state index in [4.69, 9.17) is 0 Å². The highest BCUT2D eigenvalue weighted by Crippen LogP contribution is 2.33. The number of hydrogen-bond acceptors (Lipinski definition) is 3. The van der Waals surface area contributed by atoms with Gasteiger partial charge in [0.25, 0.3) is 0 Å². The predicted molar refractivity (Wildman–Crippen MR) is 83.1 cm³/mol. The van der Waals surface area contributed by atoms with E-state index < -0.39 is 0 Å². The molecule has 1 atom stereocenters. The molecule has 0 aliphatic heterocycles. The normalized spacial score (nSPS) is 16.3. The number of nitrogens with one attached hydrogen (secondary N) is 2. The number of carbonyl (C=O) groups is 1. The zero-order valence-corrected chi connectivity index (χ0v) is 12.1. The molecule has 1 aliphatic carbocycles. The van der Waals surface area contributed by atoms with Crippen molar-refractivity contribution < 1.29 is 4.79 Å². The summed E-state index contributed by atoms with van der Waals surface area (Å²) in [5.41, 5.74) is 4.48. The van der Waals surface area contributed by atoms with E-state index in [2.05, 4.69) is 21.7 Å². The van der Waals surface area contributed by atoms with Crippen molar-refractivity contribution in [3.05, 3.63) is 59.4 Å². The fourth-order valence-corrected chi connectivity index (χ4v) is 2.82. The van der Waals surface area contributed by atoms with Crippen molar-refractivity contribution in [3.8, 4) is 0 Å². The topological polar surface area (TPSA) is 54.0 Å². The molecule has 1 heterocycles. The lowest BCUT2D eigenvalue weighted by atomic mass is 10.1. The number of nitrogens with zero attached hydrogens (tertiary/aromatic N) is 1. The lowest BCUT2D eigenvalue weighted by Crippen LogP contribution is -2.21. The second-order valence-corrected chi connectivity index (χ2v) is 5.29. The summed E-state index contributed by atoms with van der Waals surface area (Å²) in [6, 6.07) is 12.3. The van der Waals surface area contributed by atoms with Crippen LogP contribution in [-0.2, 0) is 17.6 Å². The minimum atomic E-state index is 0.0224. The number of amides is 1. The number of fused-ring (bicyclic) bond motifs is 1. The molecule has 4 heteroatoms. The molecule has 21 heavy (non-hydrogen) atoms. The van der Waals surface area contributed by atoms with Crippen LogP contribution in [0.3, 0.4) is 0 Å². The van der Waals surface area contributed by atoms with Gasteiger partial charge in [0.05, 0.1) is 18.2 Å². The van der Waals surface area contributed by atoms with E-state index in [0.29, 0.717) is 6.42 Å². The summed E-state index contributed by atoms with van der Waals surface area (Å²) in [6.07, 6.45) is 4.33. The molecular weight excluding hydrogens is 262 g/mol. The molecule has 3 rings (SSSR count). The molecular formula is C17H19N3O. The Morgan fingerprint density at radius 3 is 3.00 bits per heavy atom. The third-order valence-electron chi connectivity index (χ3n) is 3.94. The van der Waals surface area contributed by atoms with Gasteiger partial charge in [-0.25, -0.2) is 0 Å². The summed E-state index contributed by atoms with van der Waals surface area (Å²) in [6.45, 7) is 0. The monoisotopic (exact) mass is 281 g/mol. The molecule has 2 N–H and O–H groups in total. The number of aromatic nitrogens is 1. The molecule has 1 aromatic carbocycles. The largest absolute Gasteiger partial charge is 0.376 e. The lowest BCUT2D eigenvalue weighted by molar-refractivity contribution is -0.119. The highest BCUT2D eigenvalue weighted by Gasteiger charge is 2.23. The SMILES string of the molecule is CNC(=O)Cc1ccccc1NC1CCc2cccnc21. The van der Waals surface area contributed by atoms with Crippen molar-refractivity contribution in [1.82, 2.24) is 10.3 Å². The van der Waals surface area contributed by atoms with E-state index in [1.165, 1.54) is 5.56 Å². The second-order valence-electron chi connectivity index (χ2n) is 5.29. The van der Waals surface area contributed by atoms with Crippen molar-refractivity contribution in [2.45, 2.75) is 25.3 Å². The van der Waals surface area contributed by atoms with Gasteiger partial charge in [-0.05, 0) is 36.1 Å². The zero-order valence-electron chi connectivity index (χ0n) is 12.1. The van der Waals surface area contributed by atoms with Gasteiger partial charge in [0.1, 0.15) is 0 Å². The summed E-state index contributed by atoms with van der Waals surface area (Å²) < 4.78 is 0. The first-order valence-corrected chi connectivity index (χ1v) is 7.26. The summed E-state index contributed by atoms with van der Waals surface area (Å²) in [7, 11) is 1.66. The van der Waals surface area contributed by atoms with E-state index in [1.807, 2.05) is 36.5 Å². The average molecular weight is 281 g/mol. The number of aryl methyl sites for hydroxylation is 1. The van der Waals surface area contributed by atoms with Crippen LogP contribution in [0.25, 0.3) is 0 Å². The minimum absolute atomic E-state index is 0.0224. The van der Waals surface area contributed by atoms with E-state index >= 15 is 0 Å². The molecule has 1 amide bonds. The van der Waals surface area contributed by atoms with Crippen LogP contribution in [-0.4, -0.2) is 17.9 Å². The molecule has 0 saturated carbocycles. The maximum atomic E-state index is 11.6. The predicted octanol–water partition coefficient (Wildman–Crippen LogP) is 2.47. The summed E-state index contributed by atoms with van der Waals surface area (Å²) in [5, 5.41) is 6.22. The van der Waals surface area contributed by atoms with Crippen LogP contribution in [0.15, 0.2) is 42.6 Å². The number of rotatable bonds is 4. The number of carbonyl (C=O) groups excluding carboxylic acids is 1. The number of pyridine rings is 1. The molecule has 0 saturated heterocycles. The lowest BCUT2D eigenvalue weighted by Gasteiger charge is -2.17. The first kappa shape index (κ1) is 13.6. The Bertz CT molecular complexity index is 654. The minimum Gasteiger partial charge on any atom is -0.376 e. The van der Waals surface area contributed by atoms with Crippen molar-refractivity contribution in [3.63, 3.8) is 0 Å². The van der Waals surface area contributed by atoms with Crippen LogP contribution < -0.4 is 10.6 Å². The smallest absolute Gasteiger partial charge is 0.224 e. The number of hydrogen-bond donors (Lipinski definition) is 2. The van der Waals surface area contributed by atoms with E-state index in [9.17, 15) is 4.79 Å². The van der Waals surface area contributed by atoms with E-state index in [1.54, 1.807) is 7.05 Å². The number of para-hydroxylation sites is 1.